The molecule has 0 aliphatic rings. The molecule has 3 nitrogen and oxygen atoms in total. The van der Waals surface area contributed by atoms with Gasteiger partial charge >= 0.3 is 0 Å². The van der Waals surface area contributed by atoms with E-state index in [2.05, 4.69) is 48.4 Å². The molecule has 2 rings (SSSR count). The van der Waals surface area contributed by atoms with E-state index in [0.29, 0.717) is 0 Å². The van der Waals surface area contributed by atoms with E-state index in [-0.39, 0.29) is 6.04 Å². The number of aromatic nitrogens is 1. The third kappa shape index (κ3) is 4.57. The van der Waals surface area contributed by atoms with Crippen LogP contribution >= 0.6 is 0 Å². The Morgan fingerprint density at radius 1 is 1.24 bits per heavy atom. The lowest BCUT2D eigenvalue weighted by Gasteiger charge is -2.17. The van der Waals surface area contributed by atoms with Crippen LogP contribution in [0.1, 0.15) is 36.2 Å². The molecule has 0 fully saturated rings. The van der Waals surface area contributed by atoms with Crippen molar-refractivity contribution < 1.29 is 4.74 Å². The Balaban J connectivity index is 2.11. The molecule has 21 heavy (non-hydrogen) atoms. The van der Waals surface area contributed by atoms with Gasteiger partial charge in [-0.1, -0.05) is 25.1 Å². The number of rotatable bonds is 7. The Labute approximate surface area is 127 Å². The number of nitrogens with one attached hydrogen (secondary N) is 1. The van der Waals surface area contributed by atoms with E-state index in [9.17, 15) is 0 Å². The van der Waals surface area contributed by atoms with E-state index in [1.807, 2.05) is 25.4 Å². The number of hydrogen-bond acceptors (Lipinski definition) is 3. The predicted molar refractivity (Wildman–Crippen MR) is 86.7 cm³/mol. The van der Waals surface area contributed by atoms with Crippen molar-refractivity contribution in [2.75, 3.05) is 13.7 Å². The average molecular weight is 284 g/mol. The summed E-state index contributed by atoms with van der Waals surface area (Å²) < 4.78 is 5.71. The number of likely N-dealkylation sites (N-methyl/N-ethyl adjacent to an activating group) is 1. The molecule has 0 saturated heterocycles. The van der Waals surface area contributed by atoms with Gasteiger partial charge in [-0.2, -0.15) is 0 Å². The molecule has 1 heterocycles. The molecule has 0 aliphatic heterocycles. The number of aryl methyl sites for hydroxylation is 1. The molecule has 1 aromatic heterocycles. The van der Waals surface area contributed by atoms with Crippen LogP contribution in [0.15, 0.2) is 42.6 Å². The average Bonchev–Trinajstić information content (AvgIpc) is 2.52. The van der Waals surface area contributed by atoms with Crippen molar-refractivity contribution in [1.29, 1.82) is 0 Å². The van der Waals surface area contributed by atoms with Gasteiger partial charge in [0.15, 0.2) is 0 Å². The Morgan fingerprint density at radius 2 is 2.10 bits per heavy atom. The third-order valence-electron chi connectivity index (χ3n) is 3.47. The maximum Gasteiger partial charge on any atom is 0.119 e. The first kappa shape index (κ1) is 15.5. The molecule has 0 aliphatic carbocycles. The van der Waals surface area contributed by atoms with Gasteiger partial charge in [-0.3, -0.25) is 4.98 Å². The molecule has 0 radical (unpaired) electrons. The normalized spacial score (nSPS) is 12.1. The molecule has 2 aromatic rings. The Morgan fingerprint density at radius 3 is 2.76 bits per heavy atom. The van der Waals surface area contributed by atoms with E-state index in [1.54, 1.807) is 0 Å². The molecule has 112 valence electrons. The molecule has 0 bridgehead atoms. The van der Waals surface area contributed by atoms with E-state index in [0.717, 1.165) is 30.9 Å². The molecule has 0 amide bonds. The van der Waals surface area contributed by atoms with Crippen LogP contribution in [0, 0.1) is 6.92 Å². The van der Waals surface area contributed by atoms with Crippen molar-refractivity contribution in [3.05, 3.63) is 59.4 Å². The third-order valence-corrected chi connectivity index (χ3v) is 3.47. The summed E-state index contributed by atoms with van der Waals surface area (Å²) in [5, 5.41) is 3.37. The first-order chi connectivity index (χ1) is 10.2. The lowest BCUT2D eigenvalue weighted by Crippen LogP contribution is -2.19. The second-order valence-corrected chi connectivity index (χ2v) is 5.29. The summed E-state index contributed by atoms with van der Waals surface area (Å²) >= 11 is 0. The van der Waals surface area contributed by atoms with Crippen LogP contribution in [0.5, 0.6) is 5.75 Å². The van der Waals surface area contributed by atoms with E-state index in [1.165, 1.54) is 11.1 Å². The zero-order chi connectivity index (χ0) is 15.1. The van der Waals surface area contributed by atoms with Gasteiger partial charge in [0.1, 0.15) is 5.75 Å². The zero-order valence-corrected chi connectivity index (χ0v) is 13.1. The van der Waals surface area contributed by atoms with Crippen molar-refractivity contribution in [3.8, 4) is 5.75 Å². The van der Waals surface area contributed by atoms with Crippen molar-refractivity contribution >= 4 is 0 Å². The lowest BCUT2D eigenvalue weighted by atomic mass is 10.0. The van der Waals surface area contributed by atoms with Gasteiger partial charge in [-0.15, -0.1) is 0 Å². The van der Waals surface area contributed by atoms with E-state index < -0.39 is 0 Å². The van der Waals surface area contributed by atoms with Crippen LogP contribution in [0.3, 0.4) is 0 Å². The van der Waals surface area contributed by atoms with Crippen molar-refractivity contribution in [2.45, 2.75) is 32.7 Å². The maximum absolute atomic E-state index is 5.71. The summed E-state index contributed by atoms with van der Waals surface area (Å²) in [5.41, 5.74) is 3.52. The van der Waals surface area contributed by atoms with Gasteiger partial charge in [0.05, 0.1) is 6.61 Å². The highest BCUT2D eigenvalue weighted by Crippen LogP contribution is 2.22. The molecule has 1 atom stereocenters. The Bertz CT molecular complexity index is 551. The van der Waals surface area contributed by atoms with Gasteiger partial charge in [0, 0.05) is 24.4 Å². The van der Waals surface area contributed by atoms with Crippen molar-refractivity contribution in [1.82, 2.24) is 10.3 Å². The SMILES string of the molecule is CCCOc1cccc(C(Cc2ccc(C)cn2)NC)c1. The second kappa shape index (κ2) is 7.79. The van der Waals surface area contributed by atoms with Crippen LogP contribution in [-0.4, -0.2) is 18.6 Å². The van der Waals surface area contributed by atoms with Crippen LogP contribution in [0.4, 0.5) is 0 Å². The predicted octanol–water partition coefficient (Wildman–Crippen LogP) is 3.68. The summed E-state index contributed by atoms with van der Waals surface area (Å²) in [6, 6.07) is 12.8. The fourth-order valence-electron chi connectivity index (χ4n) is 2.26. The van der Waals surface area contributed by atoms with Crippen LogP contribution in [0.2, 0.25) is 0 Å². The summed E-state index contributed by atoms with van der Waals surface area (Å²) in [6.07, 6.45) is 3.81. The van der Waals surface area contributed by atoms with Gasteiger partial charge in [-0.05, 0) is 49.7 Å². The molecule has 3 heteroatoms. The fraction of sp³-hybridized carbons (Fsp3) is 0.389. The van der Waals surface area contributed by atoms with Gasteiger partial charge in [-0.25, -0.2) is 0 Å². The highest BCUT2D eigenvalue weighted by atomic mass is 16.5. The highest BCUT2D eigenvalue weighted by molar-refractivity contribution is 5.31. The largest absolute Gasteiger partial charge is 0.494 e. The smallest absolute Gasteiger partial charge is 0.119 e. The maximum atomic E-state index is 5.71. The first-order valence-corrected chi connectivity index (χ1v) is 7.54. The minimum atomic E-state index is 0.241. The summed E-state index contributed by atoms with van der Waals surface area (Å²) in [4.78, 5) is 4.49. The van der Waals surface area contributed by atoms with Gasteiger partial charge < -0.3 is 10.1 Å². The lowest BCUT2D eigenvalue weighted by molar-refractivity contribution is 0.316. The van der Waals surface area contributed by atoms with Crippen molar-refractivity contribution in [2.24, 2.45) is 0 Å². The zero-order valence-electron chi connectivity index (χ0n) is 13.1. The number of benzene rings is 1. The minimum Gasteiger partial charge on any atom is -0.494 e. The van der Waals surface area contributed by atoms with E-state index >= 15 is 0 Å². The monoisotopic (exact) mass is 284 g/mol. The molecule has 0 spiro atoms. The first-order valence-electron chi connectivity index (χ1n) is 7.54. The number of hydrogen-bond donors (Lipinski definition) is 1. The standard InChI is InChI=1S/C18H24N2O/c1-4-10-21-17-7-5-6-15(11-17)18(19-3)12-16-9-8-14(2)13-20-16/h5-9,11,13,18-19H,4,10,12H2,1-3H3. The summed E-state index contributed by atoms with van der Waals surface area (Å²) in [7, 11) is 1.98. The number of ether oxygens (including phenoxy) is 1. The Hall–Kier alpha value is -1.87. The highest BCUT2D eigenvalue weighted by Gasteiger charge is 2.11. The van der Waals surface area contributed by atoms with Gasteiger partial charge in [0.25, 0.3) is 0 Å². The topological polar surface area (TPSA) is 34.1 Å². The van der Waals surface area contributed by atoms with E-state index in [4.69, 9.17) is 4.74 Å². The quantitative estimate of drug-likeness (QED) is 0.842. The van der Waals surface area contributed by atoms with Crippen LogP contribution in [-0.2, 0) is 6.42 Å². The second-order valence-electron chi connectivity index (χ2n) is 5.29. The van der Waals surface area contributed by atoms with Crippen LogP contribution < -0.4 is 10.1 Å². The summed E-state index contributed by atoms with van der Waals surface area (Å²) in [5.74, 6) is 0.937. The summed E-state index contributed by atoms with van der Waals surface area (Å²) in [6.45, 7) is 4.93. The fourth-order valence-corrected chi connectivity index (χ4v) is 2.26. The van der Waals surface area contributed by atoms with Gasteiger partial charge in [0.2, 0.25) is 0 Å². The molecule has 0 saturated carbocycles. The number of pyridine rings is 1. The minimum absolute atomic E-state index is 0.241. The van der Waals surface area contributed by atoms with Crippen molar-refractivity contribution in [3.63, 3.8) is 0 Å². The molecular formula is C18H24N2O. The molecule has 1 aromatic carbocycles. The Kier molecular flexibility index (Phi) is 5.76. The van der Waals surface area contributed by atoms with Crippen LogP contribution in [0.25, 0.3) is 0 Å². The molecule has 1 N–H and O–H groups in total. The number of nitrogens with zero attached hydrogens (tertiary/aromatic N) is 1. The molecular weight excluding hydrogens is 260 g/mol. The molecule has 1 unspecified atom stereocenters.